The molecule has 0 spiro atoms. The van der Waals surface area contributed by atoms with Crippen molar-refractivity contribution in [2.45, 2.75) is 39.0 Å². The zero-order chi connectivity index (χ0) is 14.8. The highest BCUT2D eigenvalue weighted by molar-refractivity contribution is 9.10. The van der Waals surface area contributed by atoms with Crippen molar-refractivity contribution in [3.63, 3.8) is 0 Å². The maximum Gasteiger partial charge on any atom is 0.0305 e. The van der Waals surface area contributed by atoms with Gasteiger partial charge in [-0.1, -0.05) is 77.3 Å². The highest BCUT2D eigenvalue weighted by Crippen LogP contribution is 2.43. The van der Waals surface area contributed by atoms with E-state index in [0.717, 1.165) is 0 Å². The Hall–Kier alpha value is -1.34. The monoisotopic (exact) mass is 340 g/mol. The van der Waals surface area contributed by atoms with Crippen LogP contribution in [-0.2, 0) is 6.42 Å². The van der Waals surface area contributed by atoms with Gasteiger partial charge in [-0.15, -0.1) is 0 Å². The fourth-order valence-corrected chi connectivity index (χ4v) is 3.71. The molecule has 0 aliphatic heterocycles. The van der Waals surface area contributed by atoms with Gasteiger partial charge in [-0.3, -0.25) is 0 Å². The summed E-state index contributed by atoms with van der Waals surface area (Å²) >= 11 is 3.67. The predicted molar refractivity (Wildman–Crippen MR) is 94.7 cm³/mol. The third-order valence-electron chi connectivity index (χ3n) is 4.36. The number of rotatable bonds is 4. The van der Waals surface area contributed by atoms with Gasteiger partial charge in [-0.2, -0.15) is 0 Å². The van der Waals surface area contributed by atoms with Crippen LogP contribution in [0, 0.1) is 0 Å². The molecule has 2 aromatic carbocycles. The van der Waals surface area contributed by atoms with Gasteiger partial charge in [0.1, 0.15) is 0 Å². The molecule has 0 aromatic heterocycles. The largest absolute Gasteiger partial charge is 0.0654 e. The standard InChI is InChI=1S/C20H21Br/c1-3-4-6-15-9-11-16(12-10-15)20-14(2)13-18-17(20)7-5-8-19(18)21/h5,7-13,20H,3-4,6H2,1-2H3. The average Bonchev–Trinajstić information content (AvgIpc) is 2.83. The zero-order valence-electron chi connectivity index (χ0n) is 12.7. The minimum atomic E-state index is 0.415. The van der Waals surface area contributed by atoms with Crippen LogP contribution in [0.4, 0.5) is 0 Å². The number of hydrogen-bond acceptors (Lipinski definition) is 0. The molecule has 1 heteroatoms. The summed E-state index contributed by atoms with van der Waals surface area (Å²) in [7, 11) is 0. The molecule has 2 aromatic rings. The van der Waals surface area contributed by atoms with E-state index in [2.05, 4.69) is 78.3 Å². The van der Waals surface area contributed by atoms with Gasteiger partial charge in [-0.05, 0) is 48.1 Å². The van der Waals surface area contributed by atoms with Crippen LogP contribution >= 0.6 is 15.9 Å². The van der Waals surface area contributed by atoms with Crippen LogP contribution in [0.15, 0.2) is 52.5 Å². The second-order valence-corrected chi connectivity index (χ2v) is 6.76. The number of unbranched alkanes of at least 4 members (excludes halogenated alkanes) is 1. The Morgan fingerprint density at radius 1 is 1.05 bits per heavy atom. The molecule has 0 fully saturated rings. The van der Waals surface area contributed by atoms with Crippen molar-refractivity contribution in [1.82, 2.24) is 0 Å². The Labute approximate surface area is 136 Å². The van der Waals surface area contributed by atoms with Gasteiger partial charge in [0.25, 0.3) is 0 Å². The van der Waals surface area contributed by atoms with Crippen LogP contribution in [0.5, 0.6) is 0 Å². The molecule has 0 N–H and O–H groups in total. The lowest BCUT2D eigenvalue weighted by Crippen LogP contribution is -2.00. The molecule has 1 aliphatic rings. The molecule has 0 radical (unpaired) electrons. The predicted octanol–water partition coefficient (Wildman–Crippen LogP) is 6.34. The number of hydrogen-bond donors (Lipinski definition) is 0. The first-order valence-corrected chi connectivity index (χ1v) is 8.55. The Morgan fingerprint density at radius 2 is 1.81 bits per heavy atom. The van der Waals surface area contributed by atoms with E-state index in [-0.39, 0.29) is 0 Å². The van der Waals surface area contributed by atoms with Crippen LogP contribution in [0.2, 0.25) is 0 Å². The summed E-state index contributed by atoms with van der Waals surface area (Å²) in [6, 6.07) is 15.7. The quantitative estimate of drug-likeness (QED) is 0.609. The summed E-state index contributed by atoms with van der Waals surface area (Å²) in [5.41, 5.74) is 7.05. The van der Waals surface area contributed by atoms with E-state index < -0.39 is 0 Å². The van der Waals surface area contributed by atoms with Crippen LogP contribution in [0.1, 0.15) is 54.9 Å². The van der Waals surface area contributed by atoms with Crippen molar-refractivity contribution < 1.29 is 0 Å². The zero-order valence-corrected chi connectivity index (χ0v) is 14.3. The fraction of sp³-hybridized carbons (Fsp3) is 0.300. The van der Waals surface area contributed by atoms with Gasteiger partial charge in [-0.25, -0.2) is 0 Å². The number of halogens is 1. The van der Waals surface area contributed by atoms with Crippen molar-refractivity contribution >= 4 is 22.0 Å². The molecule has 0 bridgehead atoms. The van der Waals surface area contributed by atoms with Gasteiger partial charge >= 0.3 is 0 Å². The summed E-state index contributed by atoms with van der Waals surface area (Å²) in [4.78, 5) is 0. The van der Waals surface area contributed by atoms with E-state index in [1.165, 1.54) is 51.6 Å². The first-order chi connectivity index (χ1) is 10.2. The molecule has 1 unspecified atom stereocenters. The molecule has 0 saturated carbocycles. The maximum absolute atomic E-state index is 3.67. The second kappa shape index (κ2) is 6.19. The highest BCUT2D eigenvalue weighted by Gasteiger charge is 2.25. The van der Waals surface area contributed by atoms with Crippen LogP contribution in [0.25, 0.3) is 6.08 Å². The Bertz CT molecular complexity index is 665. The Kier molecular flexibility index (Phi) is 4.30. The third-order valence-corrected chi connectivity index (χ3v) is 5.05. The van der Waals surface area contributed by atoms with Gasteiger partial charge in [0.15, 0.2) is 0 Å². The number of fused-ring (bicyclic) bond motifs is 1. The summed E-state index contributed by atoms with van der Waals surface area (Å²) in [5.74, 6) is 0.415. The first-order valence-electron chi connectivity index (χ1n) is 7.76. The maximum atomic E-state index is 3.67. The van der Waals surface area contributed by atoms with E-state index >= 15 is 0 Å². The van der Waals surface area contributed by atoms with E-state index in [4.69, 9.17) is 0 Å². The summed E-state index contributed by atoms with van der Waals surface area (Å²) in [6.07, 6.45) is 6.04. The topological polar surface area (TPSA) is 0 Å². The van der Waals surface area contributed by atoms with Crippen molar-refractivity contribution in [3.8, 4) is 0 Å². The number of benzene rings is 2. The van der Waals surface area contributed by atoms with Crippen molar-refractivity contribution in [3.05, 3.63) is 74.8 Å². The smallest absolute Gasteiger partial charge is 0.0305 e. The van der Waals surface area contributed by atoms with Gasteiger partial charge < -0.3 is 0 Å². The lowest BCUT2D eigenvalue weighted by Gasteiger charge is -2.16. The molecular weight excluding hydrogens is 320 g/mol. The lowest BCUT2D eigenvalue weighted by atomic mass is 9.88. The van der Waals surface area contributed by atoms with E-state index in [9.17, 15) is 0 Å². The van der Waals surface area contributed by atoms with Gasteiger partial charge in [0, 0.05) is 10.4 Å². The number of allylic oxidation sites excluding steroid dienone is 1. The summed E-state index contributed by atoms with van der Waals surface area (Å²) in [5, 5.41) is 0. The van der Waals surface area contributed by atoms with Crippen LogP contribution in [-0.4, -0.2) is 0 Å². The Morgan fingerprint density at radius 3 is 2.52 bits per heavy atom. The van der Waals surface area contributed by atoms with E-state index in [1.807, 2.05) is 0 Å². The highest BCUT2D eigenvalue weighted by atomic mass is 79.9. The van der Waals surface area contributed by atoms with Crippen molar-refractivity contribution in [2.75, 3.05) is 0 Å². The lowest BCUT2D eigenvalue weighted by molar-refractivity contribution is 0.794. The third kappa shape index (κ3) is 2.85. The molecule has 1 aliphatic carbocycles. The molecule has 0 saturated heterocycles. The van der Waals surface area contributed by atoms with Crippen molar-refractivity contribution in [2.24, 2.45) is 0 Å². The van der Waals surface area contributed by atoms with Crippen LogP contribution in [0.3, 0.4) is 0 Å². The molecule has 0 amide bonds. The molecular formula is C20H21Br. The minimum absolute atomic E-state index is 0.415. The average molecular weight is 341 g/mol. The summed E-state index contributed by atoms with van der Waals surface area (Å²) in [6.45, 7) is 4.48. The molecule has 0 heterocycles. The fourth-order valence-electron chi connectivity index (χ4n) is 3.21. The normalized spacial score (nSPS) is 16.7. The molecule has 1 atom stereocenters. The molecule has 108 valence electrons. The van der Waals surface area contributed by atoms with E-state index in [1.54, 1.807) is 0 Å². The minimum Gasteiger partial charge on any atom is -0.0654 e. The molecule has 21 heavy (non-hydrogen) atoms. The number of aryl methyl sites for hydroxylation is 1. The van der Waals surface area contributed by atoms with Gasteiger partial charge in [0.05, 0.1) is 0 Å². The Balaban J connectivity index is 1.92. The molecule has 0 nitrogen and oxygen atoms in total. The van der Waals surface area contributed by atoms with Crippen molar-refractivity contribution in [1.29, 1.82) is 0 Å². The second-order valence-electron chi connectivity index (χ2n) is 5.91. The van der Waals surface area contributed by atoms with E-state index in [0.29, 0.717) is 5.92 Å². The SMILES string of the molecule is CCCCc1ccc(C2C(C)=Cc3c(Br)cccc32)cc1. The van der Waals surface area contributed by atoms with Gasteiger partial charge in [0.2, 0.25) is 0 Å². The first kappa shape index (κ1) is 14.6. The molecule has 3 rings (SSSR count). The summed E-state index contributed by atoms with van der Waals surface area (Å²) < 4.78 is 1.20. The van der Waals surface area contributed by atoms with Crippen LogP contribution < -0.4 is 0 Å².